The molecule has 0 amide bonds. The Bertz CT molecular complexity index is 686. The molecule has 0 saturated carbocycles. The second-order valence-electron chi connectivity index (χ2n) is 3.43. The van der Waals surface area contributed by atoms with Gasteiger partial charge >= 0.3 is 0 Å². The number of fused-ring (bicyclic) bond motifs is 1. The molecular formula is C12H8N2OS. The van der Waals surface area contributed by atoms with E-state index in [9.17, 15) is 4.79 Å². The van der Waals surface area contributed by atoms with E-state index in [1.807, 2.05) is 30.3 Å². The first kappa shape index (κ1) is 9.30. The fourth-order valence-electron chi connectivity index (χ4n) is 1.63. The van der Waals surface area contributed by atoms with Crippen molar-refractivity contribution >= 4 is 21.4 Å². The van der Waals surface area contributed by atoms with E-state index in [-0.39, 0.29) is 5.43 Å². The number of rotatable bonds is 1. The Hall–Kier alpha value is -1.94. The topological polar surface area (TPSA) is 45.8 Å². The van der Waals surface area contributed by atoms with Gasteiger partial charge < -0.3 is 0 Å². The number of nitrogens with zero attached hydrogens (tertiary/aromatic N) is 1. The zero-order valence-electron chi connectivity index (χ0n) is 8.31. The van der Waals surface area contributed by atoms with Crippen LogP contribution >= 0.6 is 11.3 Å². The Kier molecular flexibility index (Phi) is 2.08. The number of hydrogen-bond donors (Lipinski definition) is 1. The molecule has 0 spiro atoms. The van der Waals surface area contributed by atoms with Gasteiger partial charge in [-0.05, 0) is 18.2 Å². The highest BCUT2D eigenvalue weighted by molar-refractivity contribution is 7.21. The third-order valence-corrected chi connectivity index (χ3v) is 3.51. The van der Waals surface area contributed by atoms with Crippen molar-refractivity contribution < 1.29 is 0 Å². The van der Waals surface area contributed by atoms with E-state index in [4.69, 9.17) is 0 Å². The quantitative estimate of drug-likeness (QED) is 0.696. The van der Waals surface area contributed by atoms with E-state index >= 15 is 0 Å². The minimum absolute atomic E-state index is 0.0485. The molecular weight excluding hydrogens is 220 g/mol. The Labute approximate surface area is 95.4 Å². The molecule has 0 saturated heterocycles. The van der Waals surface area contributed by atoms with Crippen molar-refractivity contribution in [2.45, 2.75) is 0 Å². The van der Waals surface area contributed by atoms with Crippen LogP contribution in [0.5, 0.6) is 0 Å². The van der Waals surface area contributed by atoms with Crippen LogP contribution in [0.4, 0.5) is 0 Å². The van der Waals surface area contributed by atoms with E-state index in [1.165, 1.54) is 0 Å². The molecule has 1 aromatic carbocycles. The van der Waals surface area contributed by atoms with Gasteiger partial charge in [-0.15, -0.1) is 11.3 Å². The maximum atomic E-state index is 11.9. The van der Waals surface area contributed by atoms with Gasteiger partial charge in [0.25, 0.3) is 0 Å². The van der Waals surface area contributed by atoms with Gasteiger partial charge in [0, 0.05) is 22.3 Å². The van der Waals surface area contributed by atoms with Gasteiger partial charge in [0.05, 0.1) is 4.88 Å². The molecule has 2 heterocycles. The molecule has 4 heteroatoms. The largest absolute Gasteiger partial charge is 0.289 e. The van der Waals surface area contributed by atoms with Crippen molar-refractivity contribution in [2.75, 3.05) is 0 Å². The maximum Gasteiger partial charge on any atom is 0.188 e. The summed E-state index contributed by atoms with van der Waals surface area (Å²) in [5.74, 6) is 0. The Balaban J connectivity index is 2.34. The fourth-order valence-corrected chi connectivity index (χ4v) is 2.67. The van der Waals surface area contributed by atoms with Crippen LogP contribution in [0.1, 0.15) is 0 Å². The molecule has 78 valence electrons. The molecule has 3 rings (SSSR count). The SMILES string of the molecule is O=c1cc(-c2cc[nH]n2)sc2ccccc12. The molecule has 0 unspecified atom stereocenters. The summed E-state index contributed by atoms with van der Waals surface area (Å²) < 4.78 is 0.994. The lowest BCUT2D eigenvalue weighted by Crippen LogP contribution is -1.98. The lowest BCUT2D eigenvalue weighted by Gasteiger charge is -1.98. The van der Waals surface area contributed by atoms with Crippen LogP contribution in [0.15, 0.2) is 47.4 Å². The van der Waals surface area contributed by atoms with E-state index < -0.39 is 0 Å². The Morgan fingerprint density at radius 2 is 2.06 bits per heavy atom. The molecule has 0 bridgehead atoms. The normalized spacial score (nSPS) is 10.8. The van der Waals surface area contributed by atoms with Gasteiger partial charge in [0.2, 0.25) is 0 Å². The smallest absolute Gasteiger partial charge is 0.188 e. The van der Waals surface area contributed by atoms with Crippen LogP contribution in [-0.4, -0.2) is 10.2 Å². The summed E-state index contributed by atoms with van der Waals surface area (Å²) in [6, 6.07) is 11.1. The highest BCUT2D eigenvalue weighted by Crippen LogP contribution is 2.25. The average molecular weight is 228 g/mol. The number of hydrogen-bond acceptors (Lipinski definition) is 3. The summed E-state index contributed by atoms with van der Waals surface area (Å²) in [5.41, 5.74) is 0.861. The van der Waals surface area contributed by atoms with Crippen LogP contribution in [0.2, 0.25) is 0 Å². The number of aromatic nitrogens is 2. The molecule has 16 heavy (non-hydrogen) atoms. The molecule has 2 aromatic heterocycles. The third kappa shape index (κ3) is 1.44. The van der Waals surface area contributed by atoms with E-state index in [0.717, 1.165) is 20.7 Å². The molecule has 0 aliphatic carbocycles. The lowest BCUT2D eigenvalue weighted by atomic mass is 10.2. The highest BCUT2D eigenvalue weighted by Gasteiger charge is 2.05. The summed E-state index contributed by atoms with van der Waals surface area (Å²) in [7, 11) is 0. The van der Waals surface area contributed by atoms with Crippen molar-refractivity contribution in [3.8, 4) is 10.6 Å². The second-order valence-corrected chi connectivity index (χ2v) is 4.51. The summed E-state index contributed by atoms with van der Waals surface area (Å²) in [6.45, 7) is 0. The number of aromatic amines is 1. The van der Waals surface area contributed by atoms with Crippen LogP contribution in [0.3, 0.4) is 0 Å². The van der Waals surface area contributed by atoms with Gasteiger partial charge in [0.1, 0.15) is 5.69 Å². The first-order valence-corrected chi connectivity index (χ1v) is 5.69. The molecule has 0 atom stereocenters. The Morgan fingerprint density at radius 1 is 1.19 bits per heavy atom. The molecule has 3 nitrogen and oxygen atoms in total. The molecule has 0 fully saturated rings. The van der Waals surface area contributed by atoms with Crippen LogP contribution in [0.25, 0.3) is 20.7 Å². The highest BCUT2D eigenvalue weighted by atomic mass is 32.1. The summed E-state index contributed by atoms with van der Waals surface area (Å²) in [6.07, 6.45) is 1.75. The maximum absolute atomic E-state index is 11.9. The van der Waals surface area contributed by atoms with Gasteiger partial charge in [-0.3, -0.25) is 9.89 Å². The van der Waals surface area contributed by atoms with Crippen molar-refractivity contribution in [3.63, 3.8) is 0 Å². The molecule has 3 aromatic rings. The first-order chi connectivity index (χ1) is 7.84. The van der Waals surface area contributed by atoms with Crippen molar-refractivity contribution in [3.05, 3.63) is 52.8 Å². The van der Waals surface area contributed by atoms with Crippen LogP contribution in [0, 0.1) is 0 Å². The monoisotopic (exact) mass is 228 g/mol. The van der Waals surface area contributed by atoms with E-state index in [0.29, 0.717) is 0 Å². The van der Waals surface area contributed by atoms with Gasteiger partial charge in [-0.25, -0.2) is 0 Å². The molecule has 0 aliphatic rings. The Morgan fingerprint density at radius 3 is 2.88 bits per heavy atom. The minimum atomic E-state index is 0.0485. The third-order valence-electron chi connectivity index (χ3n) is 2.39. The van der Waals surface area contributed by atoms with Gasteiger partial charge in [0.15, 0.2) is 5.43 Å². The number of benzene rings is 1. The van der Waals surface area contributed by atoms with Gasteiger partial charge in [-0.2, -0.15) is 5.10 Å². The molecule has 0 radical (unpaired) electrons. The summed E-state index contributed by atoms with van der Waals surface area (Å²) in [4.78, 5) is 12.8. The van der Waals surface area contributed by atoms with Crippen LogP contribution < -0.4 is 5.43 Å². The van der Waals surface area contributed by atoms with E-state index in [1.54, 1.807) is 23.6 Å². The predicted molar refractivity (Wildman–Crippen MR) is 65.7 cm³/mol. The lowest BCUT2D eigenvalue weighted by molar-refractivity contribution is 1.10. The number of H-pyrrole nitrogens is 1. The molecule has 0 aliphatic heterocycles. The van der Waals surface area contributed by atoms with Crippen molar-refractivity contribution in [1.82, 2.24) is 10.2 Å². The fraction of sp³-hybridized carbons (Fsp3) is 0. The van der Waals surface area contributed by atoms with Crippen LogP contribution in [-0.2, 0) is 0 Å². The van der Waals surface area contributed by atoms with Gasteiger partial charge in [-0.1, -0.05) is 12.1 Å². The zero-order chi connectivity index (χ0) is 11.0. The predicted octanol–water partition coefficient (Wildman–Crippen LogP) is 2.65. The minimum Gasteiger partial charge on any atom is -0.289 e. The zero-order valence-corrected chi connectivity index (χ0v) is 9.12. The van der Waals surface area contributed by atoms with E-state index in [2.05, 4.69) is 10.2 Å². The standard InChI is InChI=1S/C12H8N2OS/c15-10-7-12(9-5-6-13-14-9)16-11-4-2-1-3-8(10)11/h1-7H,(H,13,14). The first-order valence-electron chi connectivity index (χ1n) is 4.87. The molecule has 1 N–H and O–H groups in total. The summed E-state index contributed by atoms with van der Waals surface area (Å²) in [5, 5.41) is 7.60. The average Bonchev–Trinajstić information content (AvgIpc) is 2.82. The van der Waals surface area contributed by atoms with Crippen molar-refractivity contribution in [2.24, 2.45) is 0 Å². The van der Waals surface area contributed by atoms with Crippen molar-refractivity contribution in [1.29, 1.82) is 0 Å². The number of nitrogens with one attached hydrogen (secondary N) is 1. The second kappa shape index (κ2) is 3.57. The summed E-state index contributed by atoms with van der Waals surface area (Å²) >= 11 is 1.58.